The van der Waals surface area contributed by atoms with Crippen molar-refractivity contribution in [2.45, 2.75) is 6.92 Å². The van der Waals surface area contributed by atoms with Crippen molar-refractivity contribution in [1.29, 1.82) is 0 Å². The van der Waals surface area contributed by atoms with E-state index >= 15 is 0 Å². The molecule has 0 saturated heterocycles. The summed E-state index contributed by atoms with van der Waals surface area (Å²) in [6.45, 7) is 1.58. The number of carbonyl (C=O) groups is 1. The lowest BCUT2D eigenvalue weighted by molar-refractivity contribution is -0.385. The van der Waals surface area contributed by atoms with Gasteiger partial charge in [0.1, 0.15) is 0 Å². The molecule has 0 heterocycles. The minimum atomic E-state index is -0.489. The van der Waals surface area contributed by atoms with E-state index in [1.54, 1.807) is 19.1 Å². The van der Waals surface area contributed by atoms with E-state index in [-0.39, 0.29) is 11.6 Å². The average Bonchev–Trinajstić information content (AvgIpc) is 2.42. The van der Waals surface area contributed by atoms with E-state index in [0.29, 0.717) is 27.5 Å². The third-order valence-electron chi connectivity index (χ3n) is 2.91. The van der Waals surface area contributed by atoms with E-state index in [1.807, 2.05) is 0 Å². The highest BCUT2D eigenvalue weighted by molar-refractivity contribution is 6.33. The lowest BCUT2D eigenvalue weighted by atomic mass is 10.1. The number of amides is 1. The Kier molecular flexibility index (Phi) is 4.09. The minimum Gasteiger partial charge on any atom is -0.398 e. The fourth-order valence-corrected chi connectivity index (χ4v) is 1.99. The highest BCUT2D eigenvalue weighted by Crippen LogP contribution is 2.24. The molecule has 2 aromatic rings. The molecule has 2 rings (SSSR count). The molecule has 3 N–H and O–H groups in total. The van der Waals surface area contributed by atoms with Gasteiger partial charge >= 0.3 is 0 Å². The van der Waals surface area contributed by atoms with Crippen LogP contribution in [0.3, 0.4) is 0 Å². The van der Waals surface area contributed by atoms with E-state index < -0.39 is 4.92 Å². The number of hydrogen-bond donors (Lipinski definition) is 2. The van der Waals surface area contributed by atoms with Crippen LogP contribution in [0.2, 0.25) is 5.02 Å². The second-order valence-corrected chi connectivity index (χ2v) is 4.86. The highest BCUT2D eigenvalue weighted by Gasteiger charge is 2.14. The summed E-state index contributed by atoms with van der Waals surface area (Å²) >= 11 is 5.87. The molecule has 0 bridgehead atoms. The van der Waals surface area contributed by atoms with Crippen LogP contribution in [0.25, 0.3) is 0 Å². The highest BCUT2D eigenvalue weighted by atomic mass is 35.5. The monoisotopic (exact) mass is 305 g/mol. The largest absolute Gasteiger partial charge is 0.398 e. The number of nitro groups is 1. The van der Waals surface area contributed by atoms with E-state index in [2.05, 4.69) is 5.32 Å². The zero-order valence-corrected chi connectivity index (χ0v) is 11.8. The summed E-state index contributed by atoms with van der Waals surface area (Å²) in [5.74, 6) is -0.381. The van der Waals surface area contributed by atoms with Gasteiger partial charge in [-0.2, -0.15) is 0 Å². The Morgan fingerprint density at radius 1 is 1.29 bits per heavy atom. The molecule has 7 heteroatoms. The second-order valence-electron chi connectivity index (χ2n) is 4.45. The molecule has 0 unspecified atom stereocenters. The van der Waals surface area contributed by atoms with Crippen molar-refractivity contribution in [2.75, 3.05) is 11.1 Å². The Balaban J connectivity index is 2.22. The van der Waals surface area contributed by atoms with Crippen molar-refractivity contribution in [1.82, 2.24) is 0 Å². The van der Waals surface area contributed by atoms with Gasteiger partial charge < -0.3 is 11.1 Å². The quantitative estimate of drug-likeness (QED) is 0.516. The van der Waals surface area contributed by atoms with Crippen LogP contribution in [0.1, 0.15) is 15.9 Å². The molecule has 0 aliphatic heterocycles. The van der Waals surface area contributed by atoms with Crippen LogP contribution in [0, 0.1) is 17.0 Å². The van der Waals surface area contributed by atoms with Crippen LogP contribution in [0.15, 0.2) is 36.4 Å². The molecule has 0 saturated carbocycles. The molecule has 21 heavy (non-hydrogen) atoms. The summed E-state index contributed by atoms with van der Waals surface area (Å²) in [6.07, 6.45) is 0. The number of anilines is 2. The maximum absolute atomic E-state index is 12.1. The number of nitro benzene ring substituents is 1. The maximum Gasteiger partial charge on any atom is 0.272 e. The van der Waals surface area contributed by atoms with Crippen LogP contribution in [-0.4, -0.2) is 10.8 Å². The fourth-order valence-electron chi connectivity index (χ4n) is 1.81. The molecule has 108 valence electrons. The number of nitrogen functional groups attached to an aromatic ring is 1. The topological polar surface area (TPSA) is 98.3 Å². The number of benzene rings is 2. The third-order valence-corrected chi connectivity index (χ3v) is 3.24. The van der Waals surface area contributed by atoms with Gasteiger partial charge in [0.2, 0.25) is 0 Å². The Labute approximate surface area is 125 Å². The number of nitrogens with two attached hydrogens (primary N) is 1. The molecule has 2 aromatic carbocycles. The summed E-state index contributed by atoms with van der Waals surface area (Å²) in [7, 11) is 0. The zero-order valence-electron chi connectivity index (χ0n) is 11.1. The number of hydrogen-bond acceptors (Lipinski definition) is 4. The Morgan fingerprint density at radius 2 is 2.00 bits per heavy atom. The van der Waals surface area contributed by atoms with Gasteiger partial charge in [0.15, 0.2) is 0 Å². The minimum absolute atomic E-state index is 0.0259. The van der Waals surface area contributed by atoms with Gasteiger partial charge in [-0.1, -0.05) is 11.6 Å². The van der Waals surface area contributed by atoms with Gasteiger partial charge in [0, 0.05) is 22.9 Å². The smallest absolute Gasteiger partial charge is 0.272 e. The number of carbonyl (C=O) groups excluding carboxylic acids is 1. The lowest BCUT2D eigenvalue weighted by Gasteiger charge is -2.07. The van der Waals surface area contributed by atoms with E-state index in [0.717, 1.165) is 0 Å². The van der Waals surface area contributed by atoms with Crippen molar-refractivity contribution in [3.05, 3.63) is 62.7 Å². The number of nitrogens with one attached hydrogen (secondary N) is 1. The predicted octanol–water partition coefficient (Wildman–Crippen LogP) is 3.39. The van der Waals surface area contributed by atoms with Gasteiger partial charge in [0.25, 0.3) is 11.6 Å². The van der Waals surface area contributed by atoms with Crippen LogP contribution in [0.4, 0.5) is 17.1 Å². The molecular weight excluding hydrogens is 294 g/mol. The van der Waals surface area contributed by atoms with Gasteiger partial charge in [0.05, 0.1) is 15.6 Å². The van der Waals surface area contributed by atoms with Gasteiger partial charge in [-0.05, 0) is 37.3 Å². The summed E-state index contributed by atoms with van der Waals surface area (Å²) in [4.78, 5) is 22.3. The molecule has 0 aromatic heterocycles. The molecule has 1 amide bonds. The van der Waals surface area contributed by atoms with Crippen LogP contribution >= 0.6 is 11.6 Å². The molecule has 0 radical (unpaired) electrons. The summed E-state index contributed by atoms with van der Waals surface area (Å²) < 4.78 is 0. The van der Waals surface area contributed by atoms with Crippen LogP contribution in [0.5, 0.6) is 0 Å². The van der Waals surface area contributed by atoms with E-state index in [9.17, 15) is 14.9 Å². The molecule has 6 nitrogen and oxygen atoms in total. The molecule has 0 aliphatic rings. The Hall–Kier alpha value is -2.60. The van der Waals surface area contributed by atoms with Gasteiger partial charge in [-0.15, -0.1) is 0 Å². The van der Waals surface area contributed by atoms with E-state index in [4.69, 9.17) is 17.3 Å². The Bertz CT molecular complexity index is 731. The van der Waals surface area contributed by atoms with Crippen LogP contribution in [-0.2, 0) is 0 Å². The van der Waals surface area contributed by atoms with Crippen LogP contribution < -0.4 is 11.1 Å². The molecule has 0 aliphatic carbocycles. The van der Waals surface area contributed by atoms with Crippen molar-refractivity contribution in [3.63, 3.8) is 0 Å². The first-order valence-electron chi connectivity index (χ1n) is 6.00. The number of halogens is 1. The first kappa shape index (κ1) is 14.8. The number of nitrogens with zero attached hydrogens (tertiary/aromatic N) is 1. The molecular formula is C14H12ClN3O3. The first-order chi connectivity index (χ1) is 9.88. The molecule has 0 atom stereocenters. The molecule has 0 spiro atoms. The van der Waals surface area contributed by atoms with Crippen molar-refractivity contribution >= 4 is 34.6 Å². The normalized spacial score (nSPS) is 10.2. The predicted molar refractivity (Wildman–Crippen MR) is 81.7 cm³/mol. The second kappa shape index (κ2) is 5.80. The van der Waals surface area contributed by atoms with Crippen molar-refractivity contribution < 1.29 is 9.72 Å². The standard InChI is InChI=1S/C14H12ClN3O3/c1-8-6-9(2-5-13(8)18(20)21)14(19)17-10-3-4-12(16)11(15)7-10/h2-7H,16H2,1H3,(H,17,19). The van der Waals surface area contributed by atoms with Crippen molar-refractivity contribution in [2.24, 2.45) is 0 Å². The summed E-state index contributed by atoms with van der Waals surface area (Å²) in [6, 6.07) is 8.91. The summed E-state index contributed by atoms with van der Waals surface area (Å²) in [5.41, 5.74) is 7.22. The first-order valence-corrected chi connectivity index (χ1v) is 6.37. The number of rotatable bonds is 3. The summed E-state index contributed by atoms with van der Waals surface area (Å²) in [5, 5.41) is 13.7. The van der Waals surface area contributed by atoms with Gasteiger partial charge in [-0.3, -0.25) is 14.9 Å². The average molecular weight is 306 g/mol. The zero-order chi connectivity index (χ0) is 15.6. The van der Waals surface area contributed by atoms with E-state index in [1.165, 1.54) is 24.3 Å². The Morgan fingerprint density at radius 3 is 2.57 bits per heavy atom. The number of aryl methyl sites for hydroxylation is 1. The third kappa shape index (κ3) is 3.29. The molecule has 0 fully saturated rings. The maximum atomic E-state index is 12.1. The lowest BCUT2D eigenvalue weighted by Crippen LogP contribution is -2.12. The van der Waals surface area contributed by atoms with Crippen molar-refractivity contribution in [3.8, 4) is 0 Å². The van der Waals surface area contributed by atoms with Gasteiger partial charge in [-0.25, -0.2) is 0 Å². The SMILES string of the molecule is Cc1cc(C(=O)Nc2ccc(N)c(Cl)c2)ccc1[N+](=O)[O-]. The fraction of sp³-hybridized carbons (Fsp3) is 0.0714.